The van der Waals surface area contributed by atoms with Gasteiger partial charge in [-0.2, -0.15) is 0 Å². The predicted molar refractivity (Wildman–Crippen MR) is 80.5 cm³/mol. The highest BCUT2D eigenvalue weighted by Crippen LogP contribution is 2.38. The van der Waals surface area contributed by atoms with Crippen LogP contribution in [0.1, 0.15) is 24.5 Å². The standard InChI is InChI=1S/C18H20O2/c1-15(14-19)13-18(20-2,16-9-5-3-6-10-16)17-11-7-4-8-12-17/h3-12,14-15H,13H2,1-2H3. The van der Waals surface area contributed by atoms with Gasteiger partial charge in [0.2, 0.25) is 0 Å². The largest absolute Gasteiger partial charge is 0.369 e. The molecule has 0 saturated heterocycles. The van der Waals surface area contributed by atoms with Gasteiger partial charge in [0.05, 0.1) is 0 Å². The minimum absolute atomic E-state index is 0.0737. The van der Waals surface area contributed by atoms with Gasteiger partial charge in [-0.25, -0.2) is 0 Å². The van der Waals surface area contributed by atoms with Crippen molar-refractivity contribution in [2.45, 2.75) is 18.9 Å². The topological polar surface area (TPSA) is 26.3 Å². The van der Waals surface area contributed by atoms with Crippen LogP contribution in [0.2, 0.25) is 0 Å². The van der Waals surface area contributed by atoms with E-state index in [0.29, 0.717) is 6.42 Å². The first-order chi connectivity index (χ1) is 9.73. The predicted octanol–water partition coefficient (Wildman–Crippen LogP) is 3.80. The summed E-state index contributed by atoms with van der Waals surface area (Å²) < 4.78 is 5.92. The molecule has 0 N–H and O–H groups in total. The van der Waals surface area contributed by atoms with Crippen molar-refractivity contribution < 1.29 is 9.53 Å². The molecule has 2 rings (SSSR count). The molecule has 2 heteroatoms. The lowest BCUT2D eigenvalue weighted by Gasteiger charge is -2.35. The maximum atomic E-state index is 11.1. The number of carbonyl (C=O) groups excluding carboxylic acids is 1. The molecule has 20 heavy (non-hydrogen) atoms. The van der Waals surface area contributed by atoms with Gasteiger partial charge in [0.15, 0.2) is 0 Å². The van der Waals surface area contributed by atoms with Crippen molar-refractivity contribution >= 4 is 6.29 Å². The van der Waals surface area contributed by atoms with E-state index in [2.05, 4.69) is 0 Å². The first-order valence-corrected chi connectivity index (χ1v) is 6.84. The fraction of sp³-hybridized carbons (Fsp3) is 0.278. The van der Waals surface area contributed by atoms with Crippen LogP contribution < -0.4 is 0 Å². The van der Waals surface area contributed by atoms with Crippen LogP contribution in [0.15, 0.2) is 60.7 Å². The van der Waals surface area contributed by atoms with E-state index in [1.54, 1.807) is 7.11 Å². The average molecular weight is 268 g/mol. The van der Waals surface area contributed by atoms with Crippen LogP contribution in [-0.2, 0) is 15.1 Å². The van der Waals surface area contributed by atoms with Crippen molar-refractivity contribution in [2.75, 3.05) is 7.11 Å². The fourth-order valence-corrected chi connectivity index (χ4v) is 2.64. The van der Waals surface area contributed by atoms with Crippen LogP contribution in [0.5, 0.6) is 0 Å². The molecular formula is C18H20O2. The molecule has 0 aliphatic heterocycles. The van der Waals surface area contributed by atoms with E-state index in [1.807, 2.05) is 67.6 Å². The van der Waals surface area contributed by atoms with Gasteiger partial charge in [-0.1, -0.05) is 67.6 Å². The Balaban J connectivity index is 2.55. The van der Waals surface area contributed by atoms with Crippen molar-refractivity contribution in [2.24, 2.45) is 5.92 Å². The molecule has 2 aromatic carbocycles. The molecule has 1 atom stereocenters. The summed E-state index contributed by atoms with van der Waals surface area (Å²) in [6.07, 6.45) is 1.61. The number of carbonyl (C=O) groups is 1. The summed E-state index contributed by atoms with van der Waals surface area (Å²) in [5.74, 6) is -0.0737. The van der Waals surface area contributed by atoms with E-state index >= 15 is 0 Å². The molecule has 0 saturated carbocycles. The third-order valence-corrected chi connectivity index (χ3v) is 3.67. The smallest absolute Gasteiger partial charge is 0.122 e. The summed E-state index contributed by atoms with van der Waals surface area (Å²) in [5, 5.41) is 0. The van der Waals surface area contributed by atoms with Crippen LogP contribution in [-0.4, -0.2) is 13.4 Å². The number of hydrogen-bond acceptors (Lipinski definition) is 2. The molecule has 0 bridgehead atoms. The molecule has 0 aliphatic rings. The highest BCUT2D eigenvalue weighted by Gasteiger charge is 2.35. The van der Waals surface area contributed by atoms with Gasteiger partial charge >= 0.3 is 0 Å². The maximum absolute atomic E-state index is 11.1. The highest BCUT2D eigenvalue weighted by atomic mass is 16.5. The zero-order valence-electron chi connectivity index (χ0n) is 12.0. The van der Waals surface area contributed by atoms with E-state index in [-0.39, 0.29) is 5.92 Å². The molecule has 2 aromatic rings. The lowest BCUT2D eigenvalue weighted by atomic mass is 9.80. The van der Waals surface area contributed by atoms with Crippen LogP contribution in [0.3, 0.4) is 0 Å². The molecule has 0 amide bonds. The molecule has 0 heterocycles. The van der Waals surface area contributed by atoms with E-state index < -0.39 is 5.60 Å². The number of methoxy groups -OCH3 is 1. The molecule has 0 aliphatic carbocycles. The van der Waals surface area contributed by atoms with E-state index in [4.69, 9.17) is 4.74 Å². The minimum Gasteiger partial charge on any atom is -0.369 e. The number of benzene rings is 2. The third kappa shape index (κ3) is 2.81. The third-order valence-electron chi connectivity index (χ3n) is 3.67. The van der Waals surface area contributed by atoms with E-state index in [1.165, 1.54) is 0 Å². The quantitative estimate of drug-likeness (QED) is 0.745. The summed E-state index contributed by atoms with van der Waals surface area (Å²) >= 11 is 0. The molecule has 1 unspecified atom stereocenters. The lowest BCUT2D eigenvalue weighted by molar-refractivity contribution is -0.112. The monoisotopic (exact) mass is 268 g/mol. The van der Waals surface area contributed by atoms with E-state index in [9.17, 15) is 4.79 Å². The summed E-state index contributed by atoms with van der Waals surface area (Å²) in [6, 6.07) is 20.2. The van der Waals surface area contributed by atoms with Crippen LogP contribution >= 0.6 is 0 Å². The van der Waals surface area contributed by atoms with Gasteiger partial charge in [-0.05, 0) is 17.5 Å². The Kier molecular flexibility index (Phi) is 4.70. The fourth-order valence-electron chi connectivity index (χ4n) is 2.64. The zero-order chi connectivity index (χ0) is 14.4. The van der Waals surface area contributed by atoms with E-state index in [0.717, 1.165) is 17.4 Å². The second-order valence-electron chi connectivity index (χ2n) is 5.08. The Hall–Kier alpha value is -1.93. The van der Waals surface area contributed by atoms with Gasteiger partial charge < -0.3 is 9.53 Å². The van der Waals surface area contributed by atoms with Crippen molar-refractivity contribution in [1.29, 1.82) is 0 Å². The van der Waals surface area contributed by atoms with Crippen molar-refractivity contribution in [1.82, 2.24) is 0 Å². The molecule has 0 aromatic heterocycles. The summed E-state index contributed by atoms with van der Waals surface area (Å²) in [4.78, 5) is 11.1. The molecule has 0 radical (unpaired) electrons. The summed E-state index contributed by atoms with van der Waals surface area (Å²) in [5.41, 5.74) is 1.56. The van der Waals surface area contributed by atoms with Gasteiger partial charge in [-0.3, -0.25) is 0 Å². The van der Waals surface area contributed by atoms with Crippen molar-refractivity contribution in [3.05, 3.63) is 71.8 Å². The van der Waals surface area contributed by atoms with Gasteiger partial charge in [0, 0.05) is 13.0 Å². The van der Waals surface area contributed by atoms with Crippen LogP contribution in [0.25, 0.3) is 0 Å². The highest BCUT2D eigenvalue weighted by molar-refractivity contribution is 5.54. The Morgan fingerprint density at radius 1 is 1.00 bits per heavy atom. The molecule has 2 nitrogen and oxygen atoms in total. The normalized spacial score (nSPS) is 12.9. The minimum atomic E-state index is -0.581. The SMILES string of the molecule is COC(CC(C)C=O)(c1ccccc1)c1ccccc1. The first-order valence-electron chi connectivity index (χ1n) is 6.84. The van der Waals surface area contributed by atoms with Gasteiger partial charge in [0.25, 0.3) is 0 Å². The Labute approximate surface area is 120 Å². The maximum Gasteiger partial charge on any atom is 0.122 e. The molecule has 0 spiro atoms. The first kappa shape index (κ1) is 14.5. The number of hydrogen-bond donors (Lipinski definition) is 0. The Bertz CT molecular complexity index is 494. The lowest BCUT2D eigenvalue weighted by Crippen LogP contribution is -2.32. The number of aldehydes is 1. The van der Waals surface area contributed by atoms with Gasteiger partial charge in [-0.15, -0.1) is 0 Å². The van der Waals surface area contributed by atoms with Crippen LogP contribution in [0, 0.1) is 5.92 Å². The number of rotatable bonds is 6. The van der Waals surface area contributed by atoms with Crippen molar-refractivity contribution in [3.8, 4) is 0 Å². The Morgan fingerprint density at radius 2 is 1.45 bits per heavy atom. The van der Waals surface area contributed by atoms with Crippen LogP contribution in [0.4, 0.5) is 0 Å². The summed E-state index contributed by atoms with van der Waals surface area (Å²) in [6.45, 7) is 1.92. The second kappa shape index (κ2) is 6.49. The molecule has 0 fully saturated rings. The summed E-state index contributed by atoms with van der Waals surface area (Å²) in [7, 11) is 1.71. The number of ether oxygens (including phenoxy) is 1. The molecule has 104 valence electrons. The zero-order valence-corrected chi connectivity index (χ0v) is 12.0. The Morgan fingerprint density at radius 3 is 1.80 bits per heavy atom. The second-order valence-corrected chi connectivity index (χ2v) is 5.08. The average Bonchev–Trinajstić information content (AvgIpc) is 2.54. The van der Waals surface area contributed by atoms with Crippen molar-refractivity contribution in [3.63, 3.8) is 0 Å². The molecular weight excluding hydrogens is 248 g/mol. The van der Waals surface area contributed by atoms with Gasteiger partial charge in [0.1, 0.15) is 11.9 Å².